The van der Waals surface area contributed by atoms with Crippen molar-refractivity contribution in [2.75, 3.05) is 0 Å². The molecule has 7 heteroatoms. The van der Waals surface area contributed by atoms with Crippen LogP contribution in [0.3, 0.4) is 0 Å². The van der Waals surface area contributed by atoms with Gasteiger partial charge in [0.15, 0.2) is 21.3 Å². The van der Waals surface area contributed by atoms with Crippen LogP contribution in [0.4, 0.5) is 0 Å². The predicted molar refractivity (Wildman–Crippen MR) is 107 cm³/mol. The fourth-order valence-electron chi connectivity index (χ4n) is 2.79. The summed E-state index contributed by atoms with van der Waals surface area (Å²) >= 11 is 6.88. The molecule has 128 valence electrons. The normalized spacial score (nSPS) is 10.6. The molecule has 0 radical (unpaired) electrons. The highest BCUT2D eigenvalue weighted by molar-refractivity contribution is 7.73. The Kier molecular flexibility index (Phi) is 4.47. The first kappa shape index (κ1) is 17.0. The Morgan fingerprint density at radius 2 is 1.56 bits per heavy atom. The molecule has 0 amide bonds. The maximum Gasteiger partial charge on any atom is 0.176 e. The van der Waals surface area contributed by atoms with Gasteiger partial charge in [0, 0.05) is 11.3 Å². The first-order chi connectivity index (χ1) is 13.2. The summed E-state index contributed by atoms with van der Waals surface area (Å²) in [6.45, 7) is 0. The van der Waals surface area contributed by atoms with E-state index in [1.165, 1.54) is 11.3 Å². The monoisotopic (exact) mass is 385 g/mol. The molecule has 5 nitrogen and oxygen atoms in total. The molecule has 0 saturated carbocycles. The molecule has 27 heavy (non-hydrogen) atoms. The van der Waals surface area contributed by atoms with E-state index in [0.717, 1.165) is 11.3 Å². The molecule has 2 heterocycles. The Hall–Kier alpha value is -3.39. The first-order valence-electron chi connectivity index (χ1n) is 8.06. The molecule has 0 atom stereocenters. The van der Waals surface area contributed by atoms with Gasteiger partial charge in [0.05, 0.1) is 22.5 Å². The maximum absolute atomic E-state index is 9.43. The van der Waals surface area contributed by atoms with E-state index in [4.69, 9.17) is 17.2 Å². The van der Waals surface area contributed by atoms with Crippen LogP contribution in [-0.4, -0.2) is 14.5 Å². The van der Waals surface area contributed by atoms with Gasteiger partial charge >= 0.3 is 0 Å². The Labute approximate surface area is 164 Å². The second kappa shape index (κ2) is 7.08. The summed E-state index contributed by atoms with van der Waals surface area (Å²) in [6, 6.07) is 23.2. The molecule has 4 rings (SSSR count). The molecule has 0 saturated heterocycles. The lowest BCUT2D eigenvalue weighted by molar-refractivity contribution is 1.00. The van der Waals surface area contributed by atoms with Crippen molar-refractivity contribution >= 4 is 33.9 Å². The van der Waals surface area contributed by atoms with Gasteiger partial charge in [-0.1, -0.05) is 48.5 Å². The van der Waals surface area contributed by atoms with E-state index in [1.54, 1.807) is 0 Å². The molecule has 0 bridgehead atoms. The molecule has 0 spiro atoms. The molecule has 0 aliphatic carbocycles. The highest BCUT2D eigenvalue weighted by atomic mass is 32.1. The van der Waals surface area contributed by atoms with Crippen LogP contribution in [0.25, 0.3) is 27.4 Å². The summed E-state index contributed by atoms with van der Waals surface area (Å²) in [4.78, 5) is 9.29. The quantitative estimate of drug-likeness (QED) is 0.463. The lowest BCUT2D eigenvalue weighted by atomic mass is 10.1. The second-order valence-corrected chi connectivity index (χ2v) is 7.33. The maximum atomic E-state index is 9.43. The number of para-hydroxylation sites is 1. The summed E-state index contributed by atoms with van der Waals surface area (Å²) in [5.74, 6) is -0.527. The summed E-state index contributed by atoms with van der Waals surface area (Å²) < 4.78 is 3.11. The van der Waals surface area contributed by atoms with Gasteiger partial charge in [0.2, 0.25) is 0 Å². The number of hydrogen-bond donors (Lipinski definition) is 0. The van der Waals surface area contributed by atoms with Crippen molar-refractivity contribution in [3.63, 3.8) is 0 Å². The predicted octanol–water partition coefficient (Wildman–Crippen LogP) is 5.01. The van der Waals surface area contributed by atoms with Gasteiger partial charge in [0.25, 0.3) is 0 Å². The summed E-state index contributed by atoms with van der Waals surface area (Å²) in [5.41, 5.74) is 2.69. The minimum Gasteiger partial charge on any atom is -0.276 e. The van der Waals surface area contributed by atoms with E-state index >= 15 is 0 Å². The van der Waals surface area contributed by atoms with Crippen molar-refractivity contribution in [2.24, 2.45) is 0 Å². The number of fused-ring (bicyclic) bond motifs is 1. The van der Waals surface area contributed by atoms with Gasteiger partial charge in [-0.2, -0.15) is 10.5 Å². The number of benzene rings is 2. The summed E-state index contributed by atoms with van der Waals surface area (Å²) in [7, 11) is 0. The van der Waals surface area contributed by atoms with Crippen molar-refractivity contribution in [3.05, 3.63) is 70.3 Å². The average molecular weight is 385 g/mol. The summed E-state index contributed by atoms with van der Waals surface area (Å²) in [5, 5.41) is 18.9. The number of nitriles is 2. The van der Waals surface area contributed by atoms with Crippen molar-refractivity contribution in [1.82, 2.24) is 14.5 Å². The van der Waals surface area contributed by atoms with E-state index in [0.29, 0.717) is 25.8 Å². The second-order valence-electron chi connectivity index (χ2n) is 5.68. The third-order valence-corrected chi connectivity index (χ3v) is 5.42. The Bertz CT molecular complexity index is 1250. The molecule has 0 aliphatic rings. The van der Waals surface area contributed by atoms with E-state index in [2.05, 4.69) is 4.98 Å². The van der Waals surface area contributed by atoms with Crippen LogP contribution in [-0.2, 0) is 0 Å². The minimum absolute atomic E-state index is 0.398. The van der Waals surface area contributed by atoms with Crippen LogP contribution >= 0.6 is 23.6 Å². The first-order valence-corrected chi connectivity index (χ1v) is 9.29. The Balaban J connectivity index is 2.10. The van der Waals surface area contributed by atoms with Gasteiger partial charge in [0.1, 0.15) is 0 Å². The van der Waals surface area contributed by atoms with Crippen LogP contribution in [0.2, 0.25) is 0 Å². The van der Waals surface area contributed by atoms with Crippen molar-refractivity contribution in [3.8, 4) is 29.2 Å². The fourth-order valence-corrected chi connectivity index (χ4v) is 4.19. The molecule has 4 aromatic rings. The van der Waals surface area contributed by atoms with Crippen molar-refractivity contribution in [2.45, 2.75) is 5.92 Å². The fraction of sp³-hybridized carbons (Fsp3) is 0.0500. The number of nitrogens with zero attached hydrogens (tertiary/aromatic N) is 5. The van der Waals surface area contributed by atoms with Gasteiger partial charge in [-0.3, -0.25) is 4.57 Å². The highest BCUT2D eigenvalue weighted by Gasteiger charge is 2.22. The largest absolute Gasteiger partial charge is 0.276 e. The molecule has 0 fully saturated rings. The molecule has 0 N–H and O–H groups in total. The molecular weight excluding hydrogens is 374 g/mol. The Morgan fingerprint density at radius 3 is 2.19 bits per heavy atom. The van der Waals surface area contributed by atoms with E-state index < -0.39 is 5.92 Å². The van der Waals surface area contributed by atoms with Gasteiger partial charge < -0.3 is 0 Å². The van der Waals surface area contributed by atoms with E-state index in [-0.39, 0.29) is 0 Å². The number of rotatable bonds is 3. The van der Waals surface area contributed by atoms with E-state index in [9.17, 15) is 10.5 Å². The van der Waals surface area contributed by atoms with Gasteiger partial charge in [-0.15, -0.1) is 11.3 Å². The minimum atomic E-state index is -0.991. The van der Waals surface area contributed by atoms with Crippen LogP contribution in [0.1, 0.15) is 11.6 Å². The van der Waals surface area contributed by atoms with Crippen molar-refractivity contribution in [1.29, 1.82) is 10.5 Å². The topological polar surface area (TPSA) is 78.3 Å². The Morgan fingerprint density at radius 1 is 0.926 bits per heavy atom. The van der Waals surface area contributed by atoms with Crippen LogP contribution in [0, 0.1) is 26.6 Å². The SMILES string of the molecule is N#CC(C#N)c1nc(-c2ccccc2)nc2c1sc(=S)n2-c1ccccc1. The lowest BCUT2D eigenvalue weighted by Crippen LogP contribution is -2.03. The molecule has 0 unspecified atom stereocenters. The molecule has 2 aromatic heterocycles. The molecule has 0 aliphatic heterocycles. The third kappa shape index (κ3) is 3.00. The smallest absolute Gasteiger partial charge is 0.176 e. The zero-order chi connectivity index (χ0) is 18.8. The standard InChI is InChI=1S/C20H11N5S2/c21-11-14(12-22)16-17-19(24-18(23-16)13-7-3-1-4-8-13)25(20(26)27-17)15-9-5-2-6-10-15/h1-10,14H. The zero-order valence-corrected chi connectivity index (χ0v) is 15.5. The van der Waals surface area contributed by atoms with Gasteiger partial charge in [-0.25, -0.2) is 9.97 Å². The third-order valence-electron chi connectivity index (χ3n) is 4.04. The van der Waals surface area contributed by atoms with Crippen molar-refractivity contribution < 1.29 is 0 Å². The van der Waals surface area contributed by atoms with Crippen LogP contribution in [0.5, 0.6) is 0 Å². The number of aromatic nitrogens is 3. The van der Waals surface area contributed by atoms with Gasteiger partial charge in [-0.05, 0) is 24.4 Å². The number of hydrogen-bond acceptors (Lipinski definition) is 6. The zero-order valence-electron chi connectivity index (χ0n) is 13.9. The molecule has 2 aromatic carbocycles. The van der Waals surface area contributed by atoms with Crippen LogP contribution < -0.4 is 0 Å². The highest BCUT2D eigenvalue weighted by Crippen LogP contribution is 2.33. The average Bonchev–Trinajstić information content (AvgIpc) is 3.06. The number of thiazole rings is 1. The molecular formula is C20H11N5S2. The summed E-state index contributed by atoms with van der Waals surface area (Å²) in [6.07, 6.45) is 0. The van der Waals surface area contributed by atoms with Crippen LogP contribution in [0.15, 0.2) is 60.7 Å². The van der Waals surface area contributed by atoms with E-state index in [1.807, 2.05) is 77.4 Å². The lowest BCUT2D eigenvalue weighted by Gasteiger charge is -2.08.